The molecule has 0 aromatic carbocycles. The molecule has 0 fully saturated rings. The van der Waals surface area contributed by atoms with E-state index >= 15 is 0 Å². The van der Waals surface area contributed by atoms with Crippen LogP contribution in [0.4, 0.5) is 0 Å². The van der Waals surface area contributed by atoms with Gasteiger partial charge in [-0.1, -0.05) is 18.4 Å². The fourth-order valence-electron chi connectivity index (χ4n) is 0.312. The Morgan fingerprint density at radius 2 is 2.38 bits per heavy atom. The van der Waals surface area contributed by atoms with E-state index in [-0.39, 0.29) is 6.61 Å². The van der Waals surface area contributed by atoms with Crippen LogP contribution in [0.2, 0.25) is 0 Å². The number of allylic oxidation sites excluding steroid dienone is 1. The molecule has 0 heterocycles. The third kappa shape index (κ3) is 5.26. The lowest BCUT2D eigenvalue weighted by atomic mass is 10.3. The Labute approximate surface area is 50.0 Å². The Morgan fingerprint density at radius 1 is 1.62 bits per heavy atom. The summed E-state index contributed by atoms with van der Waals surface area (Å²) in [5.74, 6) is 5.49. The zero-order valence-electron chi connectivity index (χ0n) is 4.85. The SMILES string of the molecule is C=CC#CCCCO. The van der Waals surface area contributed by atoms with E-state index in [4.69, 9.17) is 5.11 Å². The second-order valence-corrected chi connectivity index (χ2v) is 1.35. The number of hydrogen-bond acceptors (Lipinski definition) is 1. The van der Waals surface area contributed by atoms with E-state index in [1.807, 2.05) is 0 Å². The summed E-state index contributed by atoms with van der Waals surface area (Å²) in [6, 6.07) is 0. The topological polar surface area (TPSA) is 20.2 Å². The smallest absolute Gasteiger partial charge is 0.0440 e. The quantitative estimate of drug-likeness (QED) is 0.414. The molecule has 1 nitrogen and oxygen atoms in total. The van der Waals surface area contributed by atoms with Crippen molar-refractivity contribution in [1.29, 1.82) is 0 Å². The highest BCUT2D eigenvalue weighted by Crippen LogP contribution is 1.81. The number of aliphatic hydroxyl groups excluding tert-OH is 1. The Balaban J connectivity index is 3.02. The normalized spacial score (nSPS) is 7.12. The van der Waals surface area contributed by atoms with Gasteiger partial charge in [0.05, 0.1) is 0 Å². The van der Waals surface area contributed by atoms with Crippen LogP contribution in [0.5, 0.6) is 0 Å². The van der Waals surface area contributed by atoms with Crippen LogP contribution in [-0.2, 0) is 0 Å². The van der Waals surface area contributed by atoms with Gasteiger partial charge < -0.3 is 5.11 Å². The van der Waals surface area contributed by atoms with E-state index in [1.54, 1.807) is 6.08 Å². The Morgan fingerprint density at radius 3 is 2.88 bits per heavy atom. The number of aliphatic hydroxyl groups is 1. The van der Waals surface area contributed by atoms with Gasteiger partial charge >= 0.3 is 0 Å². The molecule has 0 aliphatic carbocycles. The third-order valence-electron chi connectivity index (χ3n) is 0.664. The molecule has 1 heteroatoms. The molecule has 0 atom stereocenters. The molecule has 0 spiro atoms. The van der Waals surface area contributed by atoms with E-state index < -0.39 is 0 Å². The molecule has 0 unspecified atom stereocenters. The highest BCUT2D eigenvalue weighted by Gasteiger charge is 1.74. The number of unbranched alkanes of at least 4 members (excludes halogenated alkanes) is 1. The molecule has 0 saturated carbocycles. The molecule has 0 rings (SSSR count). The van der Waals surface area contributed by atoms with Gasteiger partial charge in [-0.25, -0.2) is 0 Å². The minimum Gasteiger partial charge on any atom is -0.396 e. The lowest BCUT2D eigenvalue weighted by Gasteiger charge is -1.80. The molecule has 0 amide bonds. The van der Waals surface area contributed by atoms with Gasteiger partial charge in [-0.2, -0.15) is 0 Å². The summed E-state index contributed by atoms with van der Waals surface area (Å²) in [5.41, 5.74) is 0. The van der Waals surface area contributed by atoms with Crippen molar-refractivity contribution in [2.75, 3.05) is 6.61 Å². The fraction of sp³-hybridized carbons (Fsp3) is 0.429. The lowest BCUT2D eigenvalue weighted by molar-refractivity contribution is 0.290. The molecular formula is C7H10O. The molecule has 0 aliphatic rings. The van der Waals surface area contributed by atoms with Crippen molar-refractivity contribution in [3.63, 3.8) is 0 Å². The highest BCUT2D eigenvalue weighted by atomic mass is 16.2. The van der Waals surface area contributed by atoms with Crippen molar-refractivity contribution >= 4 is 0 Å². The maximum absolute atomic E-state index is 8.27. The van der Waals surface area contributed by atoms with E-state index in [9.17, 15) is 0 Å². The summed E-state index contributed by atoms with van der Waals surface area (Å²) >= 11 is 0. The summed E-state index contributed by atoms with van der Waals surface area (Å²) in [5, 5.41) is 8.27. The van der Waals surface area contributed by atoms with Gasteiger partial charge in [0.15, 0.2) is 0 Å². The third-order valence-corrected chi connectivity index (χ3v) is 0.664. The highest BCUT2D eigenvalue weighted by molar-refractivity contribution is 5.11. The van der Waals surface area contributed by atoms with Crippen molar-refractivity contribution in [3.05, 3.63) is 12.7 Å². The molecule has 0 saturated heterocycles. The van der Waals surface area contributed by atoms with Crippen LogP contribution in [0, 0.1) is 11.8 Å². The predicted molar refractivity (Wildman–Crippen MR) is 34.3 cm³/mol. The molecule has 8 heavy (non-hydrogen) atoms. The van der Waals surface area contributed by atoms with Crippen LogP contribution >= 0.6 is 0 Å². The minimum atomic E-state index is 0.228. The zero-order chi connectivity index (χ0) is 6.24. The van der Waals surface area contributed by atoms with Gasteiger partial charge in [-0.15, -0.1) is 0 Å². The minimum absolute atomic E-state index is 0.228. The molecule has 1 N–H and O–H groups in total. The molecule has 44 valence electrons. The first-order valence-corrected chi connectivity index (χ1v) is 2.62. The maximum atomic E-state index is 8.27. The van der Waals surface area contributed by atoms with Gasteiger partial charge in [0.25, 0.3) is 0 Å². The van der Waals surface area contributed by atoms with Crippen LogP contribution in [0.3, 0.4) is 0 Å². The zero-order valence-corrected chi connectivity index (χ0v) is 4.85. The van der Waals surface area contributed by atoms with E-state index in [2.05, 4.69) is 18.4 Å². The first-order chi connectivity index (χ1) is 3.91. The standard InChI is InChI=1S/C7H10O/c1-2-3-4-5-6-7-8/h2,8H,1,5-7H2. The first kappa shape index (κ1) is 7.26. The predicted octanol–water partition coefficient (Wildman–Crippen LogP) is 0.948. The molecule has 0 aliphatic heterocycles. The van der Waals surface area contributed by atoms with Crippen molar-refractivity contribution in [2.45, 2.75) is 12.8 Å². The van der Waals surface area contributed by atoms with E-state index in [0.717, 1.165) is 12.8 Å². The van der Waals surface area contributed by atoms with Gasteiger partial charge in [-0.05, 0) is 12.5 Å². The van der Waals surface area contributed by atoms with Crippen LogP contribution in [-0.4, -0.2) is 11.7 Å². The van der Waals surface area contributed by atoms with Crippen molar-refractivity contribution in [1.82, 2.24) is 0 Å². The van der Waals surface area contributed by atoms with Crippen LogP contribution in [0.15, 0.2) is 12.7 Å². The second kappa shape index (κ2) is 6.26. The maximum Gasteiger partial charge on any atom is 0.0440 e. The van der Waals surface area contributed by atoms with Crippen molar-refractivity contribution in [3.8, 4) is 11.8 Å². The average molecular weight is 110 g/mol. The number of hydrogen-bond donors (Lipinski definition) is 1. The molecule has 0 aromatic rings. The van der Waals surface area contributed by atoms with Gasteiger partial charge in [-0.3, -0.25) is 0 Å². The van der Waals surface area contributed by atoms with E-state index in [1.165, 1.54) is 0 Å². The van der Waals surface area contributed by atoms with Gasteiger partial charge in [0.2, 0.25) is 0 Å². The average Bonchev–Trinajstić information content (AvgIpc) is 1.81. The number of rotatable bonds is 2. The summed E-state index contributed by atoms with van der Waals surface area (Å²) in [6.07, 6.45) is 3.08. The molecule has 0 radical (unpaired) electrons. The Kier molecular flexibility index (Phi) is 5.68. The molecule has 0 bridgehead atoms. The summed E-state index contributed by atoms with van der Waals surface area (Å²) < 4.78 is 0. The van der Waals surface area contributed by atoms with Gasteiger partial charge in [0, 0.05) is 13.0 Å². The molecular weight excluding hydrogens is 100 g/mol. The van der Waals surface area contributed by atoms with Crippen LogP contribution in [0.1, 0.15) is 12.8 Å². The Bertz CT molecular complexity index is 105. The summed E-state index contributed by atoms with van der Waals surface area (Å²) in [7, 11) is 0. The van der Waals surface area contributed by atoms with Crippen molar-refractivity contribution in [2.24, 2.45) is 0 Å². The Hall–Kier alpha value is -0.740. The summed E-state index contributed by atoms with van der Waals surface area (Å²) in [4.78, 5) is 0. The second-order valence-electron chi connectivity index (χ2n) is 1.35. The first-order valence-electron chi connectivity index (χ1n) is 2.62. The monoisotopic (exact) mass is 110 g/mol. The van der Waals surface area contributed by atoms with Crippen LogP contribution in [0.25, 0.3) is 0 Å². The molecule has 0 aromatic heterocycles. The fourth-order valence-corrected chi connectivity index (χ4v) is 0.312. The largest absolute Gasteiger partial charge is 0.396 e. The van der Waals surface area contributed by atoms with Gasteiger partial charge in [0.1, 0.15) is 0 Å². The summed E-state index contributed by atoms with van der Waals surface area (Å²) in [6.45, 7) is 3.65. The van der Waals surface area contributed by atoms with Crippen LogP contribution < -0.4 is 0 Å². The van der Waals surface area contributed by atoms with E-state index in [0.29, 0.717) is 0 Å². The van der Waals surface area contributed by atoms with Crippen molar-refractivity contribution < 1.29 is 5.11 Å². The lowest BCUT2D eigenvalue weighted by Crippen LogP contribution is -1.77.